The van der Waals surface area contributed by atoms with Crippen molar-refractivity contribution in [1.82, 2.24) is 19.8 Å². The predicted molar refractivity (Wildman–Crippen MR) is 164 cm³/mol. The summed E-state index contributed by atoms with van der Waals surface area (Å²) in [4.78, 5) is 30.8. The van der Waals surface area contributed by atoms with E-state index in [0.717, 1.165) is 12.8 Å². The number of hydrogen-bond acceptors (Lipinski definition) is 8. The van der Waals surface area contributed by atoms with Crippen molar-refractivity contribution in [1.29, 1.82) is 0 Å². The fourth-order valence-corrected chi connectivity index (χ4v) is 6.65. The molecular formula is C31H37ClF2N6O3. The second kappa shape index (κ2) is 10.9. The first-order valence-corrected chi connectivity index (χ1v) is 15.0. The van der Waals surface area contributed by atoms with Gasteiger partial charge < -0.3 is 24.5 Å². The fourth-order valence-electron chi connectivity index (χ4n) is 6.34. The fraction of sp³-hybridized carbons (Fsp3) is 0.516. The number of hydrogen-bond donors (Lipinski definition) is 1. The maximum atomic E-state index is 16.6. The number of allylic oxidation sites excluding steroid dienone is 5. The number of ether oxygens (including phenoxy) is 1. The summed E-state index contributed by atoms with van der Waals surface area (Å²) < 4.78 is 36.7. The van der Waals surface area contributed by atoms with E-state index in [1.54, 1.807) is 6.07 Å². The summed E-state index contributed by atoms with van der Waals surface area (Å²) in [7, 11) is 4.02. The van der Waals surface area contributed by atoms with Gasteiger partial charge in [-0.15, -0.1) is 0 Å². The van der Waals surface area contributed by atoms with Crippen molar-refractivity contribution < 1.29 is 23.4 Å². The van der Waals surface area contributed by atoms with Crippen molar-refractivity contribution in [2.24, 2.45) is 0 Å². The van der Waals surface area contributed by atoms with E-state index in [2.05, 4.69) is 14.8 Å². The molecule has 3 aliphatic heterocycles. The lowest BCUT2D eigenvalue weighted by Crippen LogP contribution is -2.58. The molecule has 0 radical (unpaired) electrons. The van der Waals surface area contributed by atoms with Crippen molar-refractivity contribution in [2.45, 2.75) is 63.8 Å². The number of nitrogens with zero attached hydrogens (tertiary/aromatic N) is 6. The predicted octanol–water partition coefficient (Wildman–Crippen LogP) is 5.84. The quantitative estimate of drug-likeness (QED) is 0.460. The minimum absolute atomic E-state index is 0.0271. The third kappa shape index (κ3) is 5.53. The lowest BCUT2D eigenvalue weighted by Gasteiger charge is -2.44. The van der Waals surface area contributed by atoms with Crippen LogP contribution in [0.25, 0.3) is 16.5 Å². The smallest absolute Gasteiger partial charge is 0.410 e. The Hall–Kier alpha value is -3.44. The second-order valence-corrected chi connectivity index (χ2v) is 13.4. The molecule has 1 aromatic heterocycles. The van der Waals surface area contributed by atoms with E-state index in [1.807, 2.05) is 44.7 Å². The number of anilines is 2. The van der Waals surface area contributed by atoms with Crippen LogP contribution in [0.1, 0.15) is 45.6 Å². The largest absolute Gasteiger partial charge is 0.508 e. The molecule has 0 saturated carbocycles. The van der Waals surface area contributed by atoms with Crippen LogP contribution in [0, 0.1) is 5.82 Å². The van der Waals surface area contributed by atoms with Gasteiger partial charge in [0, 0.05) is 55.2 Å². The first-order valence-electron chi connectivity index (χ1n) is 14.6. The summed E-state index contributed by atoms with van der Waals surface area (Å²) in [5, 5.41) is 11.1. The molecule has 2 unspecified atom stereocenters. The van der Waals surface area contributed by atoms with Gasteiger partial charge in [-0.1, -0.05) is 17.7 Å². The molecule has 2 bridgehead atoms. The Morgan fingerprint density at radius 2 is 1.77 bits per heavy atom. The zero-order chi connectivity index (χ0) is 30.8. The van der Waals surface area contributed by atoms with E-state index >= 15 is 4.39 Å². The van der Waals surface area contributed by atoms with E-state index < -0.39 is 17.2 Å². The summed E-state index contributed by atoms with van der Waals surface area (Å²) in [6.45, 7) is 7.92. The second-order valence-electron chi connectivity index (χ2n) is 13.0. The zero-order valence-corrected chi connectivity index (χ0v) is 25.8. The lowest BCUT2D eigenvalue weighted by atomic mass is 9.98. The molecule has 1 N–H and O–H groups in total. The van der Waals surface area contributed by atoms with Crippen molar-refractivity contribution in [3.05, 3.63) is 52.3 Å². The highest BCUT2D eigenvalue weighted by atomic mass is 35.5. The van der Waals surface area contributed by atoms with Gasteiger partial charge in [-0.05, 0) is 65.9 Å². The molecule has 9 nitrogen and oxygen atoms in total. The maximum Gasteiger partial charge on any atom is 0.410 e. The third-order valence-electron chi connectivity index (χ3n) is 8.60. The van der Waals surface area contributed by atoms with Crippen LogP contribution in [-0.2, 0) is 4.74 Å². The number of carbonyl (C=O) groups is 1. The highest BCUT2D eigenvalue weighted by molar-refractivity contribution is 6.33. The van der Waals surface area contributed by atoms with Crippen molar-refractivity contribution in [3.8, 4) is 0 Å². The average molecular weight is 615 g/mol. The van der Waals surface area contributed by atoms with E-state index in [0.29, 0.717) is 49.4 Å². The topological polar surface area (TPSA) is 85.3 Å². The summed E-state index contributed by atoms with van der Waals surface area (Å²) >= 11 is 6.70. The molecule has 3 fully saturated rings. The minimum Gasteiger partial charge on any atom is -0.508 e. The summed E-state index contributed by atoms with van der Waals surface area (Å²) in [6, 6.07) is 1.75. The van der Waals surface area contributed by atoms with Gasteiger partial charge in [-0.2, -0.15) is 4.98 Å². The average Bonchev–Trinajstić information content (AvgIpc) is 3.03. The van der Waals surface area contributed by atoms with Gasteiger partial charge in [0.1, 0.15) is 28.5 Å². The Morgan fingerprint density at radius 1 is 1.09 bits per heavy atom. The molecule has 3 saturated heterocycles. The van der Waals surface area contributed by atoms with E-state index in [9.17, 15) is 14.3 Å². The first kappa shape index (κ1) is 29.6. The number of aliphatic hydroxyl groups excluding tert-OH is 1. The number of fused-ring (bicyclic) bond motifs is 3. The van der Waals surface area contributed by atoms with Crippen LogP contribution in [0.5, 0.6) is 0 Å². The number of carbonyl (C=O) groups excluding carboxylic acids is 1. The Bertz CT molecular complexity index is 1550. The van der Waals surface area contributed by atoms with Crippen LogP contribution in [0.15, 0.2) is 35.9 Å². The van der Waals surface area contributed by atoms with Crippen LogP contribution in [0.3, 0.4) is 0 Å². The Labute approximate surface area is 255 Å². The van der Waals surface area contributed by atoms with Crippen LogP contribution in [0.2, 0.25) is 5.02 Å². The Kier molecular flexibility index (Phi) is 7.53. The number of rotatable bonds is 4. The lowest BCUT2D eigenvalue weighted by molar-refractivity contribution is 0.0123. The molecule has 2 atom stereocenters. The number of amides is 1. The number of aromatic nitrogens is 2. The minimum atomic E-state index is -0.739. The highest BCUT2D eigenvalue weighted by Crippen LogP contribution is 2.42. The van der Waals surface area contributed by atoms with Gasteiger partial charge in [0.25, 0.3) is 0 Å². The number of likely N-dealkylation sites (N-methyl/N-ethyl adjacent to an activating group) is 1. The van der Waals surface area contributed by atoms with Gasteiger partial charge in [0.15, 0.2) is 5.82 Å². The molecule has 230 valence electrons. The number of benzene rings is 1. The highest BCUT2D eigenvalue weighted by Gasteiger charge is 2.45. The maximum absolute atomic E-state index is 16.6. The Morgan fingerprint density at radius 3 is 2.40 bits per heavy atom. The summed E-state index contributed by atoms with van der Waals surface area (Å²) in [5.74, 6) is -0.600. The molecule has 4 heterocycles. The van der Waals surface area contributed by atoms with Gasteiger partial charge in [-0.3, -0.25) is 4.90 Å². The van der Waals surface area contributed by atoms with Crippen molar-refractivity contribution >= 4 is 45.9 Å². The molecule has 2 aromatic rings. The molecule has 43 heavy (non-hydrogen) atoms. The van der Waals surface area contributed by atoms with E-state index in [-0.39, 0.29) is 52.0 Å². The van der Waals surface area contributed by atoms with E-state index in [1.165, 1.54) is 18.2 Å². The number of aliphatic hydroxyl groups is 1. The molecule has 1 amide bonds. The molecule has 1 aliphatic carbocycles. The first-order chi connectivity index (χ1) is 20.3. The zero-order valence-electron chi connectivity index (χ0n) is 25.1. The number of piperazine rings is 1. The van der Waals surface area contributed by atoms with Crippen LogP contribution < -0.4 is 9.80 Å². The van der Waals surface area contributed by atoms with Gasteiger partial charge in [0.2, 0.25) is 5.95 Å². The third-order valence-corrected chi connectivity index (χ3v) is 8.90. The van der Waals surface area contributed by atoms with Crippen LogP contribution in [-0.4, -0.2) is 95.0 Å². The number of halogens is 3. The van der Waals surface area contributed by atoms with Crippen LogP contribution in [0.4, 0.5) is 25.3 Å². The normalized spacial score (nSPS) is 22.8. The van der Waals surface area contributed by atoms with Crippen molar-refractivity contribution in [3.63, 3.8) is 0 Å². The SMILES string of the molecule is CN(C)C1CN(c2nc(N3CC4CCC(C3)N4C(=O)OC(C)(C)C)c3cc(Cl)c(C4=C(O)C=CC=C(F)C4)c(F)c3n2)C1. The molecule has 1 aromatic carbocycles. The summed E-state index contributed by atoms with van der Waals surface area (Å²) in [6.07, 6.45) is 4.94. The monoisotopic (exact) mass is 614 g/mol. The van der Waals surface area contributed by atoms with Gasteiger partial charge >= 0.3 is 6.09 Å². The van der Waals surface area contributed by atoms with E-state index in [4.69, 9.17) is 21.3 Å². The standard InChI is InChI=1S/C31H37ClF2N6O3/c1-31(2,3)43-30(42)40-18-9-10-19(40)14-38(13-18)28-22-12-23(32)25(21-11-17(33)7-6-8-24(21)41)26(34)27(22)35-29(36-28)39-15-20(16-39)37(4)5/h6-8,12,18-20,41H,9-11,13-16H2,1-5H3. The molecule has 12 heteroatoms. The van der Waals surface area contributed by atoms with Crippen LogP contribution >= 0.6 is 11.6 Å². The molecular weight excluding hydrogens is 578 g/mol. The molecule has 0 spiro atoms. The van der Waals surface area contributed by atoms with Crippen molar-refractivity contribution in [2.75, 3.05) is 50.1 Å². The van der Waals surface area contributed by atoms with Gasteiger partial charge in [-0.25, -0.2) is 18.6 Å². The Balaban J connectivity index is 1.43. The molecule has 4 aliphatic rings. The molecule has 6 rings (SSSR count). The summed E-state index contributed by atoms with van der Waals surface area (Å²) in [5.41, 5.74) is -0.585. The van der Waals surface area contributed by atoms with Gasteiger partial charge in [0.05, 0.1) is 17.1 Å².